The van der Waals surface area contributed by atoms with Gasteiger partial charge in [-0.15, -0.1) is 0 Å². The quantitative estimate of drug-likeness (QED) is 0.743. The van der Waals surface area contributed by atoms with E-state index in [0.717, 1.165) is 18.4 Å². The Balaban J connectivity index is 2.36. The number of allylic oxidation sites excluding steroid dienone is 1. The van der Waals surface area contributed by atoms with Crippen LogP contribution in [0, 0.1) is 0 Å². The molecule has 18 heavy (non-hydrogen) atoms. The Morgan fingerprint density at radius 3 is 2.33 bits per heavy atom. The van der Waals surface area contributed by atoms with Gasteiger partial charge in [0.05, 0.1) is 0 Å². The summed E-state index contributed by atoms with van der Waals surface area (Å²) in [6, 6.07) is 0.0748. The molecule has 102 valence electrons. The highest BCUT2D eigenvalue weighted by Crippen LogP contribution is 2.23. The van der Waals surface area contributed by atoms with Crippen LogP contribution < -0.4 is 5.32 Å². The van der Waals surface area contributed by atoms with E-state index >= 15 is 0 Å². The molecule has 5 nitrogen and oxygen atoms in total. The summed E-state index contributed by atoms with van der Waals surface area (Å²) in [6.45, 7) is 5.46. The zero-order chi connectivity index (χ0) is 13.8. The van der Waals surface area contributed by atoms with Crippen LogP contribution >= 0.6 is 0 Å². The molecule has 0 heterocycles. The van der Waals surface area contributed by atoms with Crippen LogP contribution in [0.1, 0.15) is 46.5 Å². The molecule has 5 heteroatoms. The Labute approximate surface area is 107 Å². The first kappa shape index (κ1) is 14.5. The van der Waals surface area contributed by atoms with E-state index in [1.54, 1.807) is 0 Å². The van der Waals surface area contributed by atoms with Gasteiger partial charge in [0.2, 0.25) is 0 Å². The molecule has 1 aliphatic carbocycles. The van der Waals surface area contributed by atoms with Crippen molar-refractivity contribution in [3.8, 4) is 0 Å². The van der Waals surface area contributed by atoms with Crippen molar-refractivity contribution in [2.45, 2.75) is 58.1 Å². The molecule has 0 saturated heterocycles. The molecule has 0 aromatic heterocycles. The lowest BCUT2D eigenvalue weighted by molar-refractivity contribution is -0.131. The van der Waals surface area contributed by atoms with Crippen molar-refractivity contribution in [2.24, 2.45) is 0 Å². The maximum Gasteiger partial charge on any atom is 0.407 e. The predicted molar refractivity (Wildman–Crippen MR) is 67.3 cm³/mol. The Morgan fingerprint density at radius 2 is 1.89 bits per heavy atom. The molecule has 1 fully saturated rings. The highest BCUT2D eigenvalue weighted by Gasteiger charge is 2.22. The van der Waals surface area contributed by atoms with E-state index in [4.69, 9.17) is 9.84 Å². The van der Waals surface area contributed by atoms with E-state index in [-0.39, 0.29) is 6.04 Å². The molecule has 1 rings (SSSR count). The summed E-state index contributed by atoms with van der Waals surface area (Å²) in [5.74, 6) is -0.899. The Kier molecular flexibility index (Phi) is 4.76. The highest BCUT2D eigenvalue weighted by molar-refractivity contribution is 5.80. The second-order valence-corrected chi connectivity index (χ2v) is 5.56. The van der Waals surface area contributed by atoms with Crippen molar-refractivity contribution in [2.75, 3.05) is 0 Å². The fraction of sp³-hybridized carbons (Fsp3) is 0.692. The van der Waals surface area contributed by atoms with Gasteiger partial charge in [-0.2, -0.15) is 0 Å². The van der Waals surface area contributed by atoms with E-state index in [1.165, 1.54) is 6.08 Å². The van der Waals surface area contributed by atoms with Gasteiger partial charge in [-0.1, -0.05) is 5.57 Å². The maximum absolute atomic E-state index is 11.5. The molecular formula is C13H21NO4. The molecule has 0 spiro atoms. The lowest BCUT2D eigenvalue weighted by Gasteiger charge is -2.26. The first-order chi connectivity index (χ1) is 8.26. The zero-order valence-corrected chi connectivity index (χ0v) is 11.2. The summed E-state index contributed by atoms with van der Waals surface area (Å²) in [4.78, 5) is 22.1. The summed E-state index contributed by atoms with van der Waals surface area (Å²) in [7, 11) is 0. The first-order valence-corrected chi connectivity index (χ1v) is 6.18. The highest BCUT2D eigenvalue weighted by atomic mass is 16.6. The number of rotatable bonds is 2. The molecule has 1 aliphatic rings. The smallest absolute Gasteiger partial charge is 0.407 e. The van der Waals surface area contributed by atoms with Crippen LogP contribution in [0.3, 0.4) is 0 Å². The van der Waals surface area contributed by atoms with Gasteiger partial charge in [0.25, 0.3) is 0 Å². The largest absolute Gasteiger partial charge is 0.478 e. The zero-order valence-electron chi connectivity index (χ0n) is 11.2. The Bertz CT molecular complexity index is 344. The number of carboxylic acids is 1. The average molecular weight is 255 g/mol. The van der Waals surface area contributed by atoms with E-state index in [1.807, 2.05) is 20.8 Å². The minimum absolute atomic E-state index is 0.0748. The maximum atomic E-state index is 11.5. The van der Waals surface area contributed by atoms with Gasteiger partial charge in [0.15, 0.2) is 0 Å². The van der Waals surface area contributed by atoms with Gasteiger partial charge in [-0.05, 0) is 46.5 Å². The van der Waals surface area contributed by atoms with Crippen molar-refractivity contribution in [3.05, 3.63) is 11.6 Å². The molecule has 1 amide bonds. The van der Waals surface area contributed by atoms with Gasteiger partial charge in [0.1, 0.15) is 5.60 Å². The summed E-state index contributed by atoms with van der Waals surface area (Å²) in [5, 5.41) is 11.5. The number of carbonyl (C=O) groups excluding carboxylic acids is 1. The number of alkyl carbamates (subject to hydrolysis) is 1. The molecule has 0 bridgehead atoms. The standard InChI is InChI=1S/C13H21NO4/c1-13(2,3)18-12(17)14-10-6-4-9(5-7-10)8-11(15)16/h8,10H,4-7H2,1-3H3,(H,14,17)(H,15,16). The summed E-state index contributed by atoms with van der Waals surface area (Å²) >= 11 is 0. The van der Waals surface area contributed by atoms with Crippen molar-refractivity contribution >= 4 is 12.1 Å². The SMILES string of the molecule is CC(C)(C)OC(=O)NC1CCC(=CC(=O)O)CC1. The monoisotopic (exact) mass is 255 g/mol. The molecule has 0 aliphatic heterocycles. The molecule has 0 radical (unpaired) electrons. The third-order valence-electron chi connectivity index (χ3n) is 2.68. The van der Waals surface area contributed by atoms with Gasteiger partial charge < -0.3 is 15.2 Å². The van der Waals surface area contributed by atoms with Gasteiger partial charge in [0, 0.05) is 12.1 Å². The van der Waals surface area contributed by atoms with Crippen LogP contribution in [0.5, 0.6) is 0 Å². The minimum Gasteiger partial charge on any atom is -0.478 e. The summed E-state index contributed by atoms with van der Waals surface area (Å²) in [6.07, 6.45) is 3.82. The third-order valence-corrected chi connectivity index (χ3v) is 2.68. The van der Waals surface area contributed by atoms with Gasteiger partial charge >= 0.3 is 12.1 Å². The van der Waals surface area contributed by atoms with E-state index < -0.39 is 17.7 Å². The van der Waals surface area contributed by atoms with E-state index in [0.29, 0.717) is 12.8 Å². The second kappa shape index (κ2) is 5.89. The van der Waals surface area contributed by atoms with E-state index in [9.17, 15) is 9.59 Å². The number of hydrogen-bond acceptors (Lipinski definition) is 3. The number of carboxylic acid groups (broad SMARTS) is 1. The van der Waals surface area contributed by atoms with Crippen LogP contribution in [0.15, 0.2) is 11.6 Å². The van der Waals surface area contributed by atoms with Crippen molar-refractivity contribution in [1.82, 2.24) is 5.32 Å². The van der Waals surface area contributed by atoms with Gasteiger partial charge in [-0.3, -0.25) is 0 Å². The van der Waals surface area contributed by atoms with Crippen molar-refractivity contribution in [1.29, 1.82) is 0 Å². The van der Waals surface area contributed by atoms with Crippen LogP contribution in [0.4, 0.5) is 4.79 Å². The fourth-order valence-corrected chi connectivity index (χ4v) is 1.93. The normalized spacial score (nSPS) is 20.2. The Morgan fingerprint density at radius 1 is 1.33 bits per heavy atom. The summed E-state index contributed by atoms with van der Waals surface area (Å²) in [5.41, 5.74) is 0.442. The molecule has 2 N–H and O–H groups in total. The van der Waals surface area contributed by atoms with Crippen LogP contribution in [-0.4, -0.2) is 28.8 Å². The molecule has 0 aromatic rings. The van der Waals surface area contributed by atoms with E-state index in [2.05, 4.69) is 5.32 Å². The van der Waals surface area contributed by atoms with Crippen LogP contribution in [0.2, 0.25) is 0 Å². The lowest BCUT2D eigenvalue weighted by Crippen LogP contribution is -2.40. The van der Waals surface area contributed by atoms with Crippen LogP contribution in [-0.2, 0) is 9.53 Å². The molecule has 0 unspecified atom stereocenters. The fourth-order valence-electron chi connectivity index (χ4n) is 1.93. The molecule has 1 saturated carbocycles. The summed E-state index contributed by atoms with van der Waals surface area (Å²) < 4.78 is 5.17. The topological polar surface area (TPSA) is 75.6 Å². The number of hydrogen-bond donors (Lipinski definition) is 2. The van der Waals surface area contributed by atoms with Crippen LogP contribution in [0.25, 0.3) is 0 Å². The number of amides is 1. The number of nitrogens with one attached hydrogen (secondary N) is 1. The molecular weight excluding hydrogens is 234 g/mol. The van der Waals surface area contributed by atoms with Crippen molar-refractivity contribution < 1.29 is 19.4 Å². The lowest BCUT2D eigenvalue weighted by atomic mass is 9.91. The number of aliphatic carboxylic acids is 1. The van der Waals surface area contributed by atoms with Crippen molar-refractivity contribution in [3.63, 3.8) is 0 Å². The number of carbonyl (C=O) groups is 2. The second-order valence-electron chi connectivity index (χ2n) is 5.56. The first-order valence-electron chi connectivity index (χ1n) is 6.18. The van der Waals surface area contributed by atoms with Gasteiger partial charge in [-0.25, -0.2) is 9.59 Å². The third kappa shape index (κ3) is 5.70. The predicted octanol–water partition coefficient (Wildman–Crippen LogP) is 2.46. The number of ether oxygens (including phenoxy) is 1. The Hall–Kier alpha value is -1.52. The minimum atomic E-state index is -0.899. The average Bonchev–Trinajstić information content (AvgIpc) is 2.17. The molecule has 0 aromatic carbocycles. The molecule has 0 atom stereocenters.